The summed E-state index contributed by atoms with van der Waals surface area (Å²) in [6.45, 7) is 0. The number of hydrogen-bond donors (Lipinski definition) is 0. The van der Waals surface area contributed by atoms with Crippen molar-refractivity contribution in [2.75, 3.05) is 7.05 Å². The zero-order valence-corrected chi connectivity index (χ0v) is 13.9. The van der Waals surface area contributed by atoms with Gasteiger partial charge in [-0.1, -0.05) is 54.6 Å². The van der Waals surface area contributed by atoms with E-state index in [1.165, 1.54) is 12.1 Å². The van der Waals surface area contributed by atoms with Crippen LogP contribution in [0.25, 0.3) is 0 Å². The second-order valence-corrected chi connectivity index (χ2v) is 6.30. The molecule has 0 spiro atoms. The summed E-state index contributed by atoms with van der Waals surface area (Å²) in [7, 11) is 1.85. The van der Waals surface area contributed by atoms with Crippen molar-refractivity contribution in [1.29, 1.82) is 0 Å². The molecule has 0 saturated heterocycles. The van der Waals surface area contributed by atoms with Gasteiger partial charge in [0, 0.05) is 13.0 Å². The smallest absolute Gasteiger partial charge is 0.226 e. The Morgan fingerprint density at radius 2 is 1.71 bits per heavy atom. The lowest BCUT2D eigenvalue weighted by molar-refractivity contribution is -0.136. The number of carbonyl (C=O) groups is 1. The van der Waals surface area contributed by atoms with E-state index < -0.39 is 0 Å². The second-order valence-electron chi connectivity index (χ2n) is 6.30. The Morgan fingerprint density at radius 1 is 1.04 bits per heavy atom. The monoisotopic (exact) mass is 323 g/mol. The van der Waals surface area contributed by atoms with E-state index in [4.69, 9.17) is 0 Å². The molecule has 0 aromatic heterocycles. The topological polar surface area (TPSA) is 20.3 Å². The van der Waals surface area contributed by atoms with E-state index in [2.05, 4.69) is 12.2 Å². The van der Waals surface area contributed by atoms with E-state index in [0.717, 1.165) is 30.4 Å². The summed E-state index contributed by atoms with van der Waals surface area (Å²) in [4.78, 5) is 14.8. The van der Waals surface area contributed by atoms with Crippen molar-refractivity contribution >= 4 is 5.91 Å². The van der Waals surface area contributed by atoms with Gasteiger partial charge in [0.25, 0.3) is 0 Å². The Kier molecular flexibility index (Phi) is 5.09. The van der Waals surface area contributed by atoms with Crippen LogP contribution in [0.3, 0.4) is 0 Å². The van der Waals surface area contributed by atoms with Gasteiger partial charge >= 0.3 is 0 Å². The summed E-state index contributed by atoms with van der Waals surface area (Å²) in [5.41, 5.74) is 1.95. The molecule has 2 aromatic rings. The first-order chi connectivity index (χ1) is 11.7. The SMILES string of the molecule is CN(C(=O)C1CC=CCC1)C(c1ccccc1)c1ccc(F)cc1. The molecule has 0 radical (unpaired) electrons. The first kappa shape index (κ1) is 16.4. The summed E-state index contributed by atoms with van der Waals surface area (Å²) in [6.07, 6.45) is 6.88. The van der Waals surface area contributed by atoms with Crippen LogP contribution in [-0.4, -0.2) is 17.9 Å². The maximum absolute atomic E-state index is 13.3. The fourth-order valence-electron chi connectivity index (χ4n) is 3.35. The molecule has 1 aliphatic rings. The Labute approximate surface area is 142 Å². The fourth-order valence-corrected chi connectivity index (χ4v) is 3.35. The van der Waals surface area contributed by atoms with Gasteiger partial charge in [0.05, 0.1) is 6.04 Å². The zero-order valence-electron chi connectivity index (χ0n) is 13.9. The first-order valence-electron chi connectivity index (χ1n) is 8.39. The Morgan fingerprint density at radius 3 is 2.33 bits per heavy atom. The minimum Gasteiger partial charge on any atom is -0.334 e. The number of nitrogens with zero attached hydrogens (tertiary/aromatic N) is 1. The highest BCUT2D eigenvalue weighted by Gasteiger charge is 2.28. The van der Waals surface area contributed by atoms with Crippen LogP contribution in [-0.2, 0) is 4.79 Å². The maximum Gasteiger partial charge on any atom is 0.226 e. The third-order valence-corrected chi connectivity index (χ3v) is 4.65. The van der Waals surface area contributed by atoms with Crippen LogP contribution in [0.1, 0.15) is 36.4 Å². The molecule has 24 heavy (non-hydrogen) atoms. The number of carbonyl (C=O) groups excluding carboxylic acids is 1. The summed E-state index contributed by atoms with van der Waals surface area (Å²) < 4.78 is 13.3. The van der Waals surface area contributed by atoms with Gasteiger partial charge in [-0.05, 0) is 42.5 Å². The molecular formula is C21H22FNO. The molecule has 3 heteroatoms. The standard InChI is InChI=1S/C21H22FNO/c1-23(21(24)18-10-6-3-7-11-18)20(16-8-4-2-5-9-16)17-12-14-19(22)15-13-17/h2-6,8-9,12-15,18,20H,7,10-11H2,1H3. The number of hydrogen-bond acceptors (Lipinski definition) is 1. The molecule has 2 unspecified atom stereocenters. The summed E-state index contributed by atoms with van der Waals surface area (Å²) in [5, 5.41) is 0. The van der Waals surface area contributed by atoms with Gasteiger partial charge in [-0.25, -0.2) is 4.39 Å². The van der Waals surface area contributed by atoms with Gasteiger partial charge in [0.2, 0.25) is 5.91 Å². The highest BCUT2D eigenvalue weighted by atomic mass is 19.1. The molecule has 0 aliphatic heterocycles. The molecular weight excluding hydrogens is 301 g/mol. The molecule has 0 heterocycles. The Bertz CT molecular complexity index is 708. The summed E-state index contributed by atoms with van der Waals surface area (Å²) >= 11 is 0. The number of amides is 1. The van der Waals surface area contributed by atoms with Crippen molar-refractivity contribution in [3.63, 3.8) is 0 Å². The Balaban J connectivity index is 1.93. The van der Waals surface area contributed by atoms with Gasteiger partial charge in [0.15, 0.2) is 0 Å². The average Bonchev–Trinajstić information content (AvgIpc) is 2.64. The van der Waals surface area contributed by atoms with Crippen LogP contribution in [0.2, 0.25) is 0 Å². The molecule has 1 amide bonds. The predicted molar refractivity (Wildman–Crippen MR) is 93.9 cm³/mol. The van der Waals surface area contributed by atoms with Crippen LogP contribution in [0.4, 0.5) is 4.39 Å². The van der Waals surface area contributed by atoms with Crippen molar-refractivity contribution in [3.05, 3.63) is 83.7 Å². The minimum atomic E-state index is -0.267. The minimum absolute atomic E-state index is 0.0339. The number of benzene rings is 2. The largest absolute Gasteiger partial charge is 0.334 e. The molecule has 0 saturated carbocycles. The van der Waals surface area contributed by atoms with Crippen molar-refractivity contribution in [1.82, 2.24) is 4.90 Å². The van der Waals surface area contributed by atoms with Gasteiger partial charge in [-0.2, -0.15) is 0 Å². The quantitative estimate of drug-likeness (QED) is 0.745. The van der Waals surface area contributed by atoms with Gasteiger partial charge < -0.3 is 4.90 Å². The van der Waals surface area contributed by atoms with E-state index >= 15 is 0 Å². The lowest BCUT2D eigenvalue weighted by Crippen LogP contribution is -2.37. The van der Waals surface area contributed by atoms with Crippen LogP contribution < -0.4 is 0 Å². The predicted octanol–water partition coefficient (Wildman–Crippen LogP) is 4.73. The van der Waals surface area contributed by atoms with E-state index in [0.29, 0.717) is 0 Å². The summed E-state index contributed by atoms with van der Waals surface area (Å²) in [5.74, 6) is -0.0823. The van der Waals surface area contributed by atoms with Gasteiger partial charge in [-0.3, -0.25) is 4.79 Å². The second kappa shape index (κ2) is 7.43. The molecule has 124 valence electrons. The average molecular weight is 323 g/mol. The third-order valence-electron chi connectivity index (χ3n) is 4.65. The molecule has 1 aliphatic carbocycles. The van der Waals surface area contributed by atoms with Crippen molar-refractivity contribution in [2.24, 2.45) is 5.92 Å². The number of allylic oxidation sites excluding steroid dienone is 2. The van der Waals surface area contributed by atoms with Crippen LogP contribution in [0.15, 0.2) is 66.7 Å². The molecule has 2 atom stereocenters. The maximum atomic E-state index is 13.3. The van der Waals surface area contributed by atoms with Crippen molar-refractivity contribution in [3.8, 4) is 0 Å². The molecule has 0 N–H and O–H groups in total. The van der Waals surface area contributed by atoms with Gasteiger partial charge in [0.1, 0.15) is 5.82 Å². The number of halogens is 1. The third kappa shape index (κ3) is 3.56. The molecule has 0 fully saturated rings. The van der Waals surface area contributed by atoms with E-state index in [1.54, 1.807) is 12.1 Å². The number of rotatable bonds is 4. The van der Waals surface area contributed by atoms with Crippen molar-refractivity contribution in [2.45, 2.75) is 25.3 Å². The van der Waals surface area contributed by atoms with E-state index in [1.807, 2.05) is 42.3 Å². The molecule has 3 rings (SSSR count). The summed E-state index contributed by atoms with van der Waals surface area (Å²) in [6, 6.07) is 16.1. The highest BCUT2D eigenvalue weighted by Crippen LogP contribution is 2.31. The first-order valence-corrected chi connectivity index (χ1v) is 8.39. The zero-order chi connectivity index (χ0) is 16.9. The highest BCUT2D eigenvalue weighted by molar-refractivity contribution is 5.80. The van der Waals surface area contributed by atoms with Gasteiger partial charge in [-0.15, -0.1) is 0 Å². The lowest BCUT2D eigenvalue weighted by Gasteiger charge is -2.32. The normalized spacial score (nSPS) is 18.2. The van der Waals surface area contributed by atoms with Crippen LogP contribution in [0, 0.1) is 11.7 Å². The Hall–Kier alpha value is -2.42. The van der Waals surface area contributed by atoms with E-state index in [9.17, 15) is 9.18 Å². The lowest BCUT2D eigenvalue weighted by atomic mass is 9.91. The molecule has 2 nitrogen and oxygen atoms in total. The van der Waals surface area contributed by atoms with Crippen LogP contribution >= 0.6 is 0 Å². The molecule has 0 bridgehead atoms. The van der Waals surface area contributed by atoms with E-state index in [-0.39, 0.29) is 23.7 Å². The molecule has 2 aromatic carbocycles. The van der Waals surface area contributed by atoms with Crippen molar-refractivity contribution < 1.29 is 9.18 Å². The fraction of sp³-hybridized carbons (Fsp3) is 0.286. The van der Waals surface area contributed by atoms with Crippen LogP contribution in [0.5, 0.6) is 0 Å².